The van der Waals surface area contributed by atoms with E-state index in [0.717, 1.165) is 22.4 Å². The number of aryl methyl sites for hydroxylation is 1. The van der Waals surface area contributed by atoms with Gasteiger partial charge in [0.25, 0.3) is 0 Å². The fourth-order valence-corrected chi connectivity index (χ4v) is 3.26. The highest BCUT2D eigenvalue weighted by Crippen LogP contribution is 2.33. The van der Waals surface area contributed by atoms with Gasteiger partial charge >= 0.3 is 6.03 Å². The Balaban J connectivity index is 2.61. The van der Waals surface area contributed by atoms with E-state index in [-0.39, 0.29) is 17.0 Å². The largest absolute Gasteiger partial charge is 0.337 e. The molecule has 0 heterocycles. The Morgan fingerprint density at radius 2 is 1.91 bits per heavy atom. The minimum absolute atomic E-state index is 0.0689. The summed E-state index contributed by atoms with van der Waals surface area (Å²) in [6.45, 7) is 8.47. The zero-order chi connectivity index (χ0) is 17.0. The minimum Gasteiger partial charge on any atom is -0.337 e. The van der Waals surface area contributed by atoms with E-state index in [2.05, 4.69) is 31.4 Å². The van der Waals surface area contributed by atoms with E-state index in [9.17, 15) is 13.2 Å². The summed E-state index contributed by atoms with van der Waals surface area (Å²) in [5.41, 5.74) is 1.68. The van der Waals surface area contributed by atoms with Crippen molar-refractivity contribution >= 4 is 33.3 Å². The molecule has 7 heteroatoms. The maximum absolute atomic E-state index is 11.7. The summed E-state index contributed by atoms with van der Waals surface area (Å²) in [7, 11) is -3.07. The highest BCUT2D eigenvalue weighted by atomic mass is 32.2. The molecule has 0 aliphatic carbocycles. The number of anilines is 1. The lowest BCUT2D eigenvalue weighted by molar-refractivity contribution is 0.252. The number of hydrogen-bond donors (Lipinski definition) is 2. The molecule has 5 nitrogen and oxygen atoms in total. The molecule has 1 rings (SSSR count). The van der Waals surface area contributed by atoms with Gasteiger partial charge in [-0.1, -0.05) is 20.8 Å². The molecule has 0 fully saturated rings. The molecule has 0 aliphatic heterocycles. The number of sulfone groups is 1. The van der Waals surface area contributed by atoms with Gasteiger partial charge in [0, 0.05) is 28.1 Å². The van der Waals surface area contributed by atoms with Crippen molar-refractivity contribution in [3.8, 4) is 0 Å². The third-order valence-electron chi connectivity index (χ3n) is 2.63. The van der Waals surface area contributed by atoms with Crippen LogP contribution >= 0.6 is 11.8 Å². The van der Waals surface area contributed by atoms with Gasteiger partial charge in [-0.15, -0.1) is 11.8 Å². The van der Waals surface area contributed by atoms with Crippen LogP contribution in [0.25, 0.3) is 0 Å². The van der Waals surface area contributed by atoms with E-state index in [1.807, 2.05) is 25.1 Å². The lowest BCUT2D eigenvalue weighted by Crippen LogP contribution is -2.32. The van der Waals surface area contributed by atoms with Gasteiger partial charge < -0.3 is 10.6 Å². The number of carbonyl (C=O) groups excluding carboxylic acids is 1. The zero-order valence-corrected chi connectivity index (χ0v) is 15.3. The first-order valence-electron chi connectivity index (χ1n) is 6.98. The molecule has 124 valence electrons. The third-order valence-corrected chi connectivity index (χ3v) is 4.68. The Bertz CT molecular complexity index is 635. The van der Waals surface area contributed by atoms with Crippen molar-refractivity contribution in [1.29, 1.82) is 0 Å². The summed E-state index contributed by atoms with van der Waals surface area (Å²) >= 11 is 1.76. The Morgan fingerprint density at radius 1 is 1.27 bits per heavy atom. The molecule has 0 unspecified atom stereocenters. The maximum Gasteiger partial charge on any atom is 0.319 e. The first-order chi connectivity index (χ1) is 9.96. The first kappa shape index (κ1) is 18.8. The van der Waals surface area contributed by atoms with Crippen molar-refractivity contribution in [3.05, 3.63) is 23.8 Å². The van der Waals surface area contributed by atoms with E-state index in [0.29, 0.717) is 0 Å². The molecule has 0 bridgehead atoms. The number of rotatable bonds is 5. The normalized spacial score (nSPS) is 12.0. The van der Waals surface area contributed by atoms with Gasteiger partial charge in [0.1, 0.15) is 9.84 Å². The molecule has 0 saturated heterocycles. The van der Waals surface area contributed by atoms with Gasteiger partial charge in [-0.25, -0.2) is 13.2 Å². The van der Waals surface area contributed by atoms with E-state index >= 15 is 0 Å². The maximum atomic E-state index is 11.7. The van der Waals surface area contributed by atoms with Gasteiger partial charge in [0.05, 0.1) is 5.75 Å². The molecule has 2 amide bonds. The van der Waals surface area contributed by atoms with Gasteiger partial charge in [-0.05, 0) is 30.7 Å². The second kappa shape index (κ2) is 7.37. The van der Waals surface area contributed by atoms with Crippen molar-refractivity contribution in [2.24, 2.45) is 0 Å². The summed E-state index contributed by atoms with van der Waals surface area (Å²) in [5.74, 6) is -0.0689. The topological polar surface area (TPSA) is 75.3 Å². The summed E-state index contributed by atoms with van der Waals surface area (Å²) in [6, 6.07) is 5.46. The fourth-order valence-electron chi connectivity index (χ4n) is 1.71. The van der Waals surface area contributed by atoms with Crippen LogP contribution < -0.4 is 10.6 Å². The number of benzene rings is 1. The molecule has 1 aromatic carbocycles. The van der Waals surface area contributed by atoms with Crippen LogP contribution in [0.1, 0.15) is 26.3 Å². The molecule has 0 aromatic heterocycles. The minimum atomic E-state index is -3.07. The van der Waals surface area contributed by atoms with Crippen LogP contribution in [0.3, 0.4) is 0 Å². The van der Waals surface area contributed by atoms with E-state index < -0.39 is 15.9 Å². The van der Waals surface area contributed by atoms with Crippen molar-refractivity contribution in [1.82, 2.24) is 5.32 Å². The first-order valence-corrected chi connectivity index (χ1v) is 9.86. The second-order valence-corrected chi connectivity index (χ2v) is 10.4. The number of nitrogens with one attached hydrogen (secondary N) is 2. The standard InChI is InChI=1S/C15H24N2O3S2/c1-11-10-12(21-15(2,3)4)6-7-13(11)17-14(18)16-8-9-22(5,19)20/h6-7,10H,8-9H2,1-5H3,(H2,16,17,18). The van der Waals surface area contributed by atoms with Crippen molar-refractivity contribution in [2.45, 2.75) is 37.3 Å². The Kier molecular flexibility index (Phi) is 6.31. The van der Waals surface area contributed by atoms with E-state index in [1.165, 1.54) is 0 Å². The lowest BCUT2D eigenvalue weighted by atomic mass is 10.2. The monoisotopic (exact) mass is 344 g/mol. The molecular formula is C15H24N2O3S2. The van der Waals surface area contributed by atoms with Gasteiger partial charge in [-0.3, -0.25) is 0 Å². The van der Waals surface area contributed by atoms with E-state index in [1.54, 1.807) is 11.8 Å². The molecule has 0 radical (unpaired) electrons. The van der Waals surface area contributed by atoms with Crippen molar-refractivity contribution in [3.63, 3.8) is 0 Å². The molecule has 0 spiro atoms. The summed E-state index contributed by atoms with van der Waals surface area (Å²) in [5, 5.41) is 5.27. The van der Waals surface area contributed by atoms with Crippen LogP contribution in [0.4, 0.5) is 10.5 Å². The molecular weight excluding hydrogens is 320 g/mol. The van der Waals surface area contributed by atoms with Crippen LogP contribution in [0, 0.1) is 6.92 Å². The SMILES string of the molecule is Cc1cc(SC(C)(C)C)ccc1NC(=O)NCCS(C)(=O)=O. The highest BCUT2D eigenvalue weighted by molar-refractivity contribution is 8.00. The Morgan fingerprint density at radius 3 is 2.41 bits per heavy atom. The van der Waals surface area contributed by atoms with Crippen molar-refractivity contribution in [2.75, 3.05) is 23.9 Å². The summed E-state index contributed by atoms with van der Waals surface area (Å²) in [6.07, 6.45) is 1.14. The lowest BCUT2D eigenvalue weighted by Gasteiger charge is -2.18. The third kappa shape index (κ3) is 7.70. The van der Waals surface area contributed by atoms with E-state index in [4.69, 9.17) is 0 Å². The van der Waals surface area contributed by atoms with Crippen LogP contribution in [-0.4, -0.2) is 37.7 Å². The molecule has 22 heavy (non-hydrogen) atoms. The predicted molar refractivity (Wildman–Crippen MR) is 93.5 cm³/mol. The van der Waals surface area contributed by atoms with Crippen LogP contribution in [0.15, 0.2) is 23.1 Å². The number of carbonyl (C=O) groups is 1. The zero-order valence-electron chi connectivity index (χ0n) is 13.7. The number of hydrogen-bond acceptors (Lipinski definition) is 4. The molecule has 0 atom stereocenters. The average molecular weight is 345 g/mol. The molecule has 1 aromatic rings. The number of thioether (sulfide) groups is 1. The summed E-state index contributed by atoms with van der Waals surface area (Å²) in [4.78, 5) is 12.9. The van der Waals surface area contributed by atoms with Gasteiger partial charge in [-0.2, -0.15) is 0 Å². The highest BCUT2D eigenvalue weighted by Gasteiger charge is 2.13. The van der Waals surface area contributed by atoms with Crippen LogP contribution in [0.5, 0.6) is 0 Å². The number of amides is 2. The van der Waals surface area contributed by atoms with Gasteiger partial charge in [0.2, 0.25) is 0 Å². The molecule has 0 aliphatic rings. The Hall–Kier alpha value is -1.21. The smallest absolute Gasteiger partial charge is 0.319 e. The van der Waals surface area contributed by atoms with Crippen LogP contribution in [-0.2, 0) is 9.84 Å². The second-order valence-electron chi connectivity index (χ2n) is 6.20. The fraction of sp³-hybridized carbons (Fsp3) is 0.533. The quantitative estimate of drug-likeness (QED) is 0.805. The number of urea groups is 1. The summed E-state index contributed by atoms with van der Waals surface area (Å²) < 4.78 is 22.1. The molecule has 0 saturated carbocycles. The van der Waals surface area contributed by atoms with Crippen LogP contribution in [0.2, 0.25) is 0 Å². The van der Waals surface area contributed by atoms with Crippen molar-refractivity contribution < 1.29 is 13.2 Å². The van der Waals surface area contributed by atoms with Gasteiger partial charge in [0.15, 0.2) is 0 Å². The average Bonchev–Trinajstić information content (AvgIpc) is 2.29. The molecule has 2 N–H and O–H groups in total. The Labute approximate surface area is 137 Å². The predicted octanol–water partition coefficient (Wildman–Crippen LogP) is 3.05.